The molecule has 0 saturated carbocycles. The van der Waals surface area contributed by atoms with Crippen molar-refractivity contribution in [3.05, 3.63) is 0 Å². The van der Waals surface area contributed by atoms with E-state index in [1.807, 2.05) is 0 Å². The summed E-state index contributed by atoms with van der Waals surface area (Å²) < 4.78 is 0. The quantitative estimate of drug-likeness (QED) is 0.817. The molecule has 0 bridgehead atoms. The van der Waals surface area contributed by atoms with E-state index in [0.29, 0.717) is 11.9 Å². The summed E-state index contributed by atoms with van der Waals surface area (Å²) in [5.41, 5.74) is -0.256. The van der Waals surface area contributed by atoms with Gasteiger partial charge in [-0.05, 0) is 39.3 Å². The standard InChI is InChI=1S/C14H27N3O/c1-4-14(7-6-8-15-14)13(18)17-10-9-16(5-2)12(3)11-17/h12,15H,4-11H2,1-3H3. The van der Waals surface area contributed by atoms with Crippen molar-refractivity contribution in [3.8, 4) is 0 Å². The van der Waals surface area contributed by atoms with Crippen LogP contribution in [0.5, 0.6) is 0 Å². The lowest BCUT2D eigenvalue weighted by Gasteiger charge is -2.42. The number of nitrogens with one attached hydrogen (secondary N) is 1. The van der Waals surface area contributed by atoms with Gasteiger partial charge in [-0.3, -0.25) is 9.69 Å². The van der Waals surface area contributed by atoms with Crippen molar-refractivity contribution in [1.82, 2.24) is 15.1 Å². The number of rotatable bonds is 3. The Kier molecular flexibility index (Phi) is 4.28. The highest BCUT2D eigenvalue weighted by atomic mass is 16.2. The molecule has 0 spiro atoms. The van der Waals surface area contributed by atoms with Crippen LogP contribution in [0, 0.1) is 0 Å². The minimum atomic E-state index is -0.256. The monoisotopic (exact) mass is 253 g/mol. The molecule has 2 heterocycles. The van der Waals surface area contributed by atoms with Crippen LogP contribution in [0.3, 0.4) is 0 Å². The molecule has 2 unspecified atom stereocenters. The minimum absolute atomic E-state index is 0.256. The third-order valence-electron chi connectivity index (χ3n) is 4.72. The number of hydrogen-bond acceptors (Lipinski definition) is 3. The molecule has 2 fully saturated rings. The molecular formula is C14H27N3O. The Bertz CT molecular complexity index is 299. The molecule has 2 rings (SSSR count). The minimum Gasteiger partial charge on any atom is -0.338 e. The molecular weight excluding hydrogens is 226 g/mol. The molecule has 0 aromatic carbocycles. The molecule has 2 atom stereocenters. The molecule has 4 nitrogen and oxygen atoms in total. The Morgan fingerprint density at radius 3 is 2.67 bits per heavy atom. The number of piperazine rings is 1. The van der Waals surface area contributed by atoms with Crippen molar-refractivity contribution < 1.29 is 4.79 Å². The zero-order valence-corrected chi connectivity index (χ0v) is 12.0. The summed E-state index contributed by atoms with van der Waals surface area (Å²) in [6, 6.07) is 0.489. The number of nitrogens with zero attached hydrogens (tertiary/aromatic N) is 2. The molecule has 18 heavy (non-hydrogen) atoms. The van der Waals surface area contributed by atoms with Gasteiger partial charge in [0.05, 0.1) is 5.54 Å². The van der Waals surface area contributed by atoms with E-state index in [-0.39, 0.29) is 5.54 Å². The fourth-order valence-corrected chi connectivity index (χ4v) is 3.39. The smallest absolute Gasteiger partial charge is 0.242 e. The second-order valence-corrected chi connectivity index (χ2v) is 5.69. The summed E-state index contributed by atoms with van der Waals surface area (Å²) in [6.07, 6.45) is 3.04. The van der Waals surface area contributed by atoms with Crippen LogP contribution in [0.25, 0.3) is 0 Å². The topological polar surface area (TPSA) is 35.6 Å². The van der Waals surface area contributed by atoms with Gasteiger partial charge >= 0.3 is 0 Å². The Labute approximate surface area is 111 Å². The Balaban J connectivity index is 2.01. The first-order valence-electron chi connectivity index (χ1n) is 7.41. The van der Waals surface area contributed by atoms with Gasteiger partial charge in [-0.1, -0.05) is 13.8 Å². The first-order chi connectivity index (χ1) is 8.63. The van der Waals surface area contributed by atoms with Crippen molar-refractivity contribution in [2.45, 2.75) is 51.6 Å². The van der Waals surface area contributed by atoms with Gasteiger partial charge in [0.2, 0.25) is 5.91 Å². The van der Waals surface area contributed by atoms with Crippen molar-refractivity contribution in [1.29, 1.82) is 0 Å². The fourth-order valence-electron chi connectivity index (χ4n) is 3.39. The van der Waals surface area contributed by atoms with Gasteiger partial charge in [-0.25, -0.2) is 0 Å². The average Bonchev–Trinajstić information content (AvgIpc) is 2.87. The first-order valence-corrected chi connectivity index (χ1v) is 7.41. The van der Waals surface area contributed by atoms with Gasteiger partial charge in [-0.15, -0.1) is 0 Å². The van der Waals surface area contributed by atoms with E-state index < -0.39 is 0 Å². The average molecular weight is 253 g/mol. The maximum atomic E-state index is 12.7. The molecule has 2 aliphatic rings. The zero-order chi connectivity index (χ0) is 13.2. The lowest BCUT2D eigenvalue weighted by Crippen LogP contribution is -2.61. The molecule has 1 amide bonds. The van der Waals surface area contributed by atoms with E-state index in [2.05, 4.69) is 35.9 Å². The number of likely N-dealkylation sites (N-methyl/N-ethyl adjacent to an activating group) is 1. The molecule has 0 aromatic heterocycles. The van der Waals surface area contributed by atoms with Gasteiger partial charge < -0.3 is 10.2 Å². The Hall–Kier alpha value is -0.610. The van der Waals surface area contributed by atoms with E-state index in [1.54, 1.807) is 0 Å². The maximum absolute atomic E-state index is 12.7. The number of carbonyl (C=O) groups is 1. The number of amides is 1. The normalized spacial score (nSPS) is 33.9. The fraction of sp³-hybridized carbons (Fsp3) is 0.929. The highest BCUT2D eigenvalue weighted by Crippen LogP contribution is 2.26. The summed E-state index contributed by atoms with van der Waals surface area (Å²) in [5.74, 6) is 0.338. The maximum Gasteiger partial charge on any atom is 0.242 e. The molecule has 2 saturated heterocycles. The summed E-state index contributed by atoms with van der Waals surface area (Å²) >= 11 is 0. The lowest BCUT2D eigenvalue weighted by atomic mass is 9.92. The zero-order valence-electron chi connectivity index (χ0n) is 12.0. The van der Waals surface area contributed by atoms with E-state index in [0.717, 1.165) is 52.0 Å². The van der Waals surface area contributed by atoms with Crippen LogP contribution < -0.4 is 5.32 Å². The molecule has 0 aromatic rings. The van der Waals surface area contributed by atoms with Gasteiger partial charge in [0.25, 0.3) is 0 Å². The lowest BCUT2D eigenvalue weighted by molar-refractivity contribution is -0.141. The van der Waals surface area contributed by atoms with Gasteiger partial charge in [0, 0.05) is 25.7 Å². The van der Waals surface area contributed by atoms with Gasteiger partial charge in [0.15, 0.2) is 0 Å². The predicted octanol–water partition coefficient (Wildman–Crippen LogP) is 1.07. The van der Waals surface area contributed by atoms with Crippen molar-refractivity contribution >= 4 is 5.91 Å². The molecule has 104 valence electrons. The molecule has 2 aliphatic heterocycles. The summed E-state index contributed by atoms with van der Waals surface area (Å²) in [5, 5.41) is 3.45. The number of hydrogen-bond donors (Lipinski definition) is 1. The van der Waals surface area contributed by atoms with Gasteiger partial charge in [-0.2, -0.15) is 0 Å². The largest absolute Gasteiger partial charge is 0.338 e. The van der Waals surface area contributed by atoms with Gasteiger partial charge in [0.1, 0.15) is 0 Å². The first kappa shape index (κ1) is 13.8. The second-order valence-electron chi connectivity index (χ2n) is 5.69. The number of carbonyl (C=O) groups excluding carboxylic acids is 1. The van der Waals surface area contributed by atoms with Crippen molar-refractivity contribution in [3.63, 3.8) is 0 Å². The summed E-state index contributed by atoms with van der Waals surface area (Å²) in [7, 11) is 0. The Morgan fingerprint density at radius 1 is 1.39 bits per heavy atom. The van der Waals surface area contributed by atoms with Crippen LogP contribution in [-0.4, -0.2) is 60.0 Å². The highest BCUT2D eigenvalue weighted by molar-refractivity contribution is 5.86. The van der Waals surface area contributed by atoms with Crippen LogP contribution in [0.2, 0.25) is 0 Å². The SMILES string of the molecule is CCN1CCN(C(=O)C2(CC)CCCN2)CC1C. The second kappa shape index (κ2) is 5.57. The van der Waals surface area contributed by atoms with E-state index in [1.165, 1.54) is 0 Å². The van der Waals surface area contributed by atoms with Crippen LogP contribution in [-0.2, 0) is 4.79 Å². The van der Waals surface area contributed by atoms with Crippen LogP contribution in [0.1, 0.15) is 40.0 Å². The van der Waals surface area contributed by atoms with E-state index in [9.17, 15) is 4.79 Å². The highest BCUT2D eigenvalue weighted by Gasteiger charge is 2.42. The summed E-state index contributed by atoms with van der Waals surface area (Å²) in [4.78, 5) is 17.3. The molecule has 4 heteroatoms. The third kappa shape index (κ3) is 2.41. The van der Waals surface area contributed by atoms with Crippen molar-refractivity contribution in [2.24, 2.45) is 0 Å². The molecule has 1 N–H and O–H groups in total. The van der Waals surface area contributed by atoms with Crippen LogP contribution >= 0.6 is 0 Å². The molecule has 0 radical (unpaired) electrons. The third-order valence-corrected chi connectivity index (χ3v) is 4.72. The van der Waals surface area contributed by atoms with E-state index in [4.69, 9.17) is 0 Å². The summed E-state index contributed by atoms with van der Waals surface area (Å²) in [6.45, 7) is 11.4. The Morgan fingerprint density at radius 2 is 2.17 bits per heavy atom. The van der Waals surface area contributed by atoms with Crippen LogP contribution in [0.15, 0.2) is 0 Å². The predicted molar refractivity (Wildman–Crippen MR) is 73.5 cm³/mol. The van der Waals surface area contributed by atoms with E-state index >= 15 is 0 Å². The molecule has 0 aliphatic carbocycles. The van der Waals surface area contributed by atoms with Crippen LogP contribution in [0.4, 0.5) is 0 Å². The van der Waals surface area contributed by atoms with Crippen molar-refractivity contribution in [2.75, 3.05) is 32.7 Å².